The summed E-state index contributed by atoms with van der Waals surface area (Å²) >= 11 is 0. The predicted octanol–water partition coefficient (Wildman–Crippen LogP) is 2.59. The second-order valence-corrected chi connectivity index (χ2v) is 7.02. The van der Waals surface area contributed by atoms with Crippen molar-refractivity contribution in [1.82, 2.24) is 14.9 Å². The predicted molar refractivity (Wildman–Crippen MR) is 106 cm³/mol. The average molecular weight is 380 g/mol. The molecule has 1 aromatic heterocycles. The van der Waals surface area contributed by atoms with Crippen molar-refractivity contribution in [1.29, 1.82) is 0 Å². The lowest BCUT2D eigenvalue weighted by atomic mass is 10.1. The van der Waals surface area contributed by atoms with Crippen LogP contribution in [-0.4, -0.2) is 46.8 Å². The normalized spacial score (nSPS) is 15.1. The molecule has 1 saturated heterocycles. The minimum Gasteiger partial charge on any atom is -0.367 e. The first kappa shape index (κ1) is 18.3. The molecule has 28 heavy (non-hydrogen) atoms. The highest BCUT2D eigenvalue weighted by atomic mass is 19.1. The molecule has 3 aromatic rings. The van der Waals surface area contributed by atoms with Crippen LogP contribution in [0.2, 0.25) is 0 Å². The van der Waals surface area contributed by atoms with Gasteiger partial charge in [-0.2, -0.15) is 0 Å². The lowest BCUT2D eigenvalue weighted by Gasteiger charge is -2.36. The zero-order chi connectivity index (χ0) is 19.7. The van der Waals surface area contributed by atoms with Gasteiger partial charge in [-0.05, 0) is 37.3 Å². The van der Waals surface area contributed by atoms with Crippen molar-refractivity contribution in [2.45, 2.75) is 13.5 Å². The highest BCUT2D eigenvalue weighted by Crippen LogP contribution is 2.22. The molecule has 0 bridgehead atoms. The van der Waals surface area contributed by atoms with Crippen LogP contribution in [0.15, 0.2) is 47.3 Å². The van der Waals surface area contributed by atoms with Gasteiger partial charge in [0.25, 0.3) is 5.56 Å². The van der Waals surface area contributed by atoms with E-state index in [1.165, 1.54) is 13.0 Å². The van der Waals surface area contributed by atoms with Gasteiger partial charge in [0.1, 0.15) is 11.6 Å². The third-order valence-corrected chi connectivity index (χ3v) is 5.10. The van der Waals surface area contributed by atoms with E-state index in [9.17, 15) is 14.0 Å². The number of nitrogens with one attached hydrogen (secondary N) is 1. The minimum absolute atomic E-state index is 0.133. The Labute approximate surface area is 161 Å². The molecule has 0 unspecified atom stereocenters. The van der Waals surface area contributed by atoms with Crippen molar-refractivity contribution in [2.75, 3.05) is 31.1 Å². The smallest absolute Gasteiger partial charge is 0.258 e. The van der Waals surface area contributed by atoms with Gasteiger partial charge < -0.3 is 9.88 Å². The maximum Gasteiger partial charge on any atom is 0.258 e. The molecular formula is C21H21FN4O2. The van der Waals surface area contributed by atoms with Crippen LogP contribution in [0.25, 0.3) is 10.9 Å². The summed E-state index contributed by atoms with van der Waals surface area (Å²) in [6, 6.07) is 11.9. The molecule has 0 atom stereocenters. The molecule has 2 aromatic carbocycles. The van der Waals surface area contributed by atoms with E-state index in [-0.39, 0.29) is 17.2 Å². The molecule has 0 spiro atoms. The number of Topliss-reactive ketones (excluding diaryl/α,β-unsaturated/α-hetero) is 1. The number of aromatic amines is 1. The Morgan fingerprint density at radius 1 is 1.14 bits per heavy atom. The van der Waals surface area contributed by atoms with E-state index in [0.717, 1.165) is 13.1 Å². The van der Waals surface area contributed by atoms with Crippen LogP contribution in [0.1, 0.15) is 23.1 Å². The zero-order valence-electron chi connectivity index (χ0n) is 15.6. The number of benzene rings is 2. The molecule has 0 radical (unpaired) electrons. The highest BCUT2D eigenvalue weighted by molar-refractivity contribution is 5.94. The van der Waals surface area contributed by atoms with Crippen molar-refractivity contribution in [2.24, 2.45) is 0 Å². The summed E-state index contributed by atoms with van der Waals surface area (Å²) in [5, 5.41) is 0.584. The molecule has 1 fully saturated rings. The fourth-order valence-electron chi connectivity index (χ4n) is 3.55. The van der Waals surface area contributed by atoms with Crippen LogP contribution in [0, 0.1) is 5.82 Å². The first-order valence-corrected chi connectivity index (χ1v) is 9.27. The van der Waals surface area contributed by atoms with E-state index in [2.05, 4.69) is 14.9 Å². The quantitative estimate of drug-likeness (QED) is 0.705. The van der Waals surface area contributed by atoms with Gasteiger partial charge in [0.05, 0.1) is 23.1 Å². The number of aromatic nitrogens is 2. The molecule has 7 heteroatoms. The summed E-state index contributed by atoms with van der Waals surface area (Å²) in [5.41, 5.74) is 1.45. The maximum atomic E-state index is 14.4. The number of carbonyl (C=O) groups is 1. The van der Waals surface area contributed by atoms with Gasteiger partial charge in [0, 0.05) is 31.7 Å². The van der Waals surface area contributed by atoms with Crippen molar-refractivity contribution >= 4 is 22.4 Å². The molecule has 0 aliphatic carbocycles. The number of hydrogen-bond acceptors (Lipinski definition) is 5. The first-order chi connectivity index (χ1) is 13.5. The van der Waals surface area contributed by atoms with Crippen LogP contribution >= 0.6 is 0 Å². The van der Waals surface area contributed by atoms with Gasteiger partial charge in [-0.1, -0.05) is 12.1 Å². The Kier molecular flexibility index (Phi) is 4.92. The SMILES string of the molecule is CC(=O)c1ccc(N2CCN(Cc3nc4ccccc4c(=O)[nH]3)CC2)c(F)c1. The van der Waals surface area contributed by atoms with E-state index in [4.69, 9.17) is 0 Å². The summed E-state index contributed by atoms with van der Waals surface area (Å²) in [6.07, 6.45) is 0. The van der Waals surface area contributed by atoms with E-state index in [0.29, 0.717) is 47.6 Å². The Bertz CT molecular complexity index is 1090. The van der Waals surface area contributed by atoms with Crippen molar-refractivity contribution in [3.8, 4) is 0 Å². The van der Waals surface area contributed by atoms with Crippen LogP contribution in [0.4, 0.5) is 10.1 Å². The number of rotatable bonds is 4. The van der Waals surface area contributed by atoms with E-state index in [1.54, 1.807) is 18.2 Å². The molecule has 144 valence electrons. The molecular weight excluding hydrogens is 359 g/mol. The number of nitrogens with zero attached hydrogens (tertiary/aromatic N) is 3. The number of carbonyl (C=O) groups excluding carboxylic acids is 1. The number of halogens is 1. The minimum atomic E-state index is -0.373. The van der Waals surface area contributed by atoms with E-state index >= 15 is 0 Å². The number of H-pyrrole nitrogens is 1. The molecule has 1 aliphatic heterocycles. The molecule has 0 amide bonds. The second-order valence-electron chi connectivity index (χ2n) is 7.02. The topological polar surface area (TPSA) is 69.3 Å². The highest BCUT2D eigenvalue weighted by Gasteiger charge is 2.21. The average Bonchev–Trinajstić information content (AvgIpc) is 2.69. The largest absolute Gasteiger partial charge is 0.367 e. The molecule has 0 saturated carbocycles. The number of hydrogen-bond donors (Lipinski definition) is 1. The first-order valence-electron chi connectivity index (χ1n) is 9.27. The zero-order valence-corrected chi connectivity index (χ0v) is 15.6. The number of piperazine rings is 1. The summed E-state index contributed by atoms with van der Waals surface area (Å²) < 4.78 is 14.4. The standard InChI is InChI=1S/C21H21FN4O2/c1-14(27)15-6-7-19(17(22)12-15)26-10-8-25(9-11-26)13-20-23-18-5-3-2-4-16(18)21(28)24-20/h2-7,12H,8-11,13H2,1H3,(H,23,24,28). The van der Waals surface area contributed by atoms with Gasteiger partial charge >= 0.3 is 0 Å². The van der Waals surface area contributed by atoms with Crippen LogP contribution in [0.5, 0.6) is 0 Å². The third-order valence-electron chi connectivity index (χ3n) is 5.10. The van der Waals surface area contributed by atoms with Gasteiger partial charge in [-0.15, -0.1) is 0 Å². The summed E-state index contributed by atoms with van der Waals surface area (Å²) in [5.74, 6) is 0.114. The molecule has 4 rings (SSSR count). The Hall–Kier alpha value is -3.06. The van der Waals surface area contributed by atoms with Crippen molar-refractivity contribution < 1.29 is 9.18 Å². The molecule has 1 N–H and O–H groups in total. The number of para-hydroxylation sites is 1. The van der Waals surface area contributed by atoms with Gasteiger partial charge in [-0.3, -0.25) is 14.5 Å². The monoisotopic (exact) mass is 380 g/mol. The third kappa shape index (κ3) is 3.66. The summed E-state index contributed by atoms with van der Waals surface area (Å²) in [4.78, 5) is 35.2. The maximum absolute atomic E-state index is 14.4. The fourth-order valence-corrected chi connectivity index (χ4v) is 3.55. The molecule has 6 nitrogen and oxygen atoms in total. The van der Waals surface area contributed by atoms with Gasteiger partial charge in [0.15, 0.2) is 5.78 Å². The van der Waals surface area contributed by atoms with Crippen molar-refractivity contribution in [3.05, 3.63) is 70.0 Å². The number of fused-ring (bicyclic) bond motifs is 1. The van der Waals surface area contributed by atoms with Gasteiger partial charge in [-0.25, -0.2) is 9.37 Å². The summed E-state index contributed by atoms with van der Waals surface area (Å²) in [7, 11) is 0. The number of ketones is 1. The van der Waals surface area contributed by atoms with Crippen LogP contribution in [0.3, 0.4) is 0 Å². The number of anilines is 1. The van der Waals surface area contributed by atoms with Gasteiger partial charge in [0.2, 0.25) is 0 Å². The molecule has 2 heterocycles. The van der Waals surface area contributed by atoms with Crippen molar-refractivity contribution in [3.63, 3.8) is 0 Å². The molecule has 1 aliphatic rings. The fraction of sp³-hybridized carbons (Fsp3) is 0.286. The Morgan fingerprint density at radius 2 is 1.89 bits per heavy atom. The lowest BCUT2D eigenvalue weighted by molar-refractivity contribution is 0.101. The van der Waals surface area contributed by atoms with Crippen LogP contribution < -0.4 is 10.5 Å². The lowest BCUT2D eigenvalue weighted by Crippen LogP contribution is -2.46. The second kappa shape index (κ2) is 7.52. The van der Waals surface area contributed by atoms with Crippen LogP contribution in [-0.2, 0) is 6.54 Å². The Balaban J connectivity index is 1.43. The van der Waals surface area contributed by atoms with E-state index in [1.807, 2.05) is 23.1 Å². The summed E-state index contributed by atoms with van der Waals surface area (Å²) in [6.45, 7) is 4.75. The Morgan fingerprint density at radius 3 is 2.61 bits per heavy atom. The van der Waals surface area contributed by atoms with E-state index < -0.39 is 0 Å².